The van der Waals surface area contributed by atoms with Crippen molar-refractivity contribution in [3.05, 3.63) is 64.6 Å². The molecule has 0 amide bonds. The lowest BCUT2D eigenvalue weighted by molar-refractivity contribution is 0.538. The van der Waals surface area contributed by atoms with Gasteiger partial charge in [-0.15, -0.1) is 11.3 Å². The lowest BCUT2D eigenvalue weighted by Gasteiger charge is -2.06. The molecule has 2 aromatic carbocycles. The Balaban J connectivity index is 1.88. The largest absolute Gasteiger partial charge is 0.460 e. The van der Waals surface area contributed by atoms with Crippen molar-refractivity contribution in [1.82, 2.24) is 4.98 Å². The van der Waals surface area contributed by atoms with Gasteiger partial charge in [-0.25, -0.2) is 9.18 Å². The van der Waals surface area contributed by atoms with Crippen LogP contribution in [-0.2, 0) is 0 Å². The van der Waals surface area contributed by atoms with Crippen molar-refractivity contribution < 1.29 is 13.2 Å². The van der Waals surface area contributed by atoms with Gasteiger partial charge in [-0.1, -0.05) is 6.07 Å². The monoisotopic (exact) mass is 351 g/mol. The Bertz CT molecular complexity index is 1350. The van der Waals surface area contributed by atoms with Crippen LogP contribution in [0.4, 0.5) is 4.39 Å². The SMILES string of the molecule is Cc1cc2cc3nc(=O)oc3cc2c(-c2cc3c(F)cccc3s2)o1. The van der Waals surface area contributed by atoms with E-state index in [1.165, 1.54) is 17.4 Å². The van der Waals surface area contributed by atoms with Gasteiger partial charge in [0.1, 0.15) is 17.1 Å². The fraction of sp³-hybridized carbons (Fsp3) is 0.0526. The summed E-state index contributed by atoms with van der Waals surface area (Å²) in [5, 5.41) is 2.24. The molecule has 122 valence electrons. The van der Waals surface area contributed by atoms with Crippen LogP contribution in [0.5, 0.6) is 0 Å². The average Bonchev–Trinajstić information content (AvgIpc) is 3.15. The van der Waals surface area contributed by atoms with Crippen LogP contribution in [0, 0.1) is 12.7 Å². The van der Waals surface area contributed by atoms with Crippen LogP contribution in [0.3, 0.4) is 0 Å². The van der Waals surface area contributed by atoms with Gasteiger partial charge in [-0.05, 0) is 48.7 Å². The van der Waals surface area contributed by atoms with Crippen LogP contribution in [-0.4, -0.2) is 4.98 Å². The summed E-state index contributed by atoms with van der Waals surface area (Å²) >= 11 is 1.46. The third kappa shape index (κ3) is 2.18. The zero-order valence-electron chi connectivity index (χ0n) is 13.0. The van der Waals surface area contributed by atoms with Gasteiger partial charge in [0.2, 0.25) is 0 Å². The molecule has 3 aromatic heterocycles. The molecule has 0 aliphatic heterocycles. The number of fused-ring (bicyclic) bond motifs is 3. The smallest absolute Gasteiger partial charge is 0.439 e. The molecule has 4 nitrogen and oxygen atoms in total. The van der Waals surface area contributed by atoms with Crippen molar-refractivity contribution in [1.29, 1.82) is 0 Å². The van der Waals surface area contributed by atoms with Crippen molar-refractivity contribution in [2.75, 3.05) is 0 Å². The van der Waals surface area contributed by atoms with Gasteiger partial charge in [0.05, 0.1) is 4.88 Å². The third-order valence-electron chi connectivity index (χ3n) is 4.14. The molecule has 0 aliphatic carbocycles. The van der Waals surface area contributed by atoms with Crippen LogP contribution in [0.25, 0.3) is 42.6 Å². The van der Waals surface area contributed by atoms with E-state index in [9.17, 15) is 9.18 Å². The first-order valence-electron chi connectivity index (χ1n) is 7.62. The van der Waals surface area contributed by atoms with Gasteiger partial charge < -0.3 is 8.83 Å². The number of rotatable bonds is 1. The Kier molecular flexibility index (Phi) is 2.87. The van der Waals surface area contributed by atoms with E-state index in [1.54, 1.807) is 24.3 Å². The van der Waals surface area contributed by atoms with E-state index >= 15 is 0 Å². The summed E-state index contributed by atoms with van der Waals surface area (Å²) in [6.07, 6.45) is 0. The highest BCUT2D eigenvalue weighted by molar-refractivity contribution is 7.22. The Morgan fingerprint density at radius 3 is 2.80 bits per heavy atom. The van der Waals surface area contributed by atoms with Crippen molar-refractivity contribution in [2.24, 2.45) is 0 Å². The molecule has 0 N–H and O–H groups in total. The maximum atomic E-state index is 14.0. The highest BCUT2D eigenvalue weighted by Crippen LogP contribution is 2.39. The van der Waals surface area contributed by atoms with Gasteiger partial charge in [0.25, 0.3) is 0 Å². The summed E-state index contributed by atoms with van der Waals surface area (Å²) in [5.74, 6) is 0.460. The second-order valence-corrected chi connectivity index (χ2v) is 6.92. The van der Waals surface area contributed by atoms with Crippen LogP contribution in [0.15, 0.2) is 56.1 Å². The molecular weight excluding hydrogens is 341 g/mol. The molecule has 0 spiro atoms. The summed E-state index contributed by atoms with van der Waals surface area (Å²) in [5.41, 5.74) is 0.918. The zero-order chi connectivity index (χ0) is 17.1. The maximum absolute atomic E-state index is 14.0. The lowest BCUT2D eigenvalue weighted by Crippen LogP contribution is -1.92. The number of thiophene rings is 1. The minimum atomic E-state index is -0.621. The number of hydrogen-bond donors (Lipinski definition) is 0. The van der Waals surface area contributed by atoms with Gasteiger partial charge >= 0.3 is 5.76 Å². The topological polar surface area (TPSA) is 56.2 Å². The fourth-order valence-corrected chi connectivity index (χ4v) is 4.14. The number of aryl methyl sites for hydroxylation is 1. The number of aromatic nitrogens is 1. The molecule has 5 rings (SSSR count). The van der Waals surface area contributed by atoms with Crippen molar-refractivity contribution in [2.45, 2.75) is 6.92 Å². The highest BCUT2D eigenvalue weighted by Gasteiger charge is 2.15. The molecule has 6 heteroatoms. The van der Waals surface area contributed by atoms with Crippen molar-refractivity contribution in [3.8, 4) is 10.6 Å². The zero-order valence-corrected chi connectivity index (χ0v) is 13.8. The first-order valence-corrected chi connectivity index (χ1v) is 8.43. The van der Waals surface area contributed by atoms with E-state index in [2.05, 4.69) is 4.98 Å². The molecule has 0 saturated heterocycles. The fourth-order valence-electron chi connectivity index (χ4n) is 3.07. The standard InChI is InChI=1S/C19H10FNO3S/c1-9-5-10-6-14-15(24-19(22)21-14)7-11(10)18(23-9)17-8-12-13(20)3-2-4-16(12)25-17/h2-8H,1H3. The highest BCUT2D eigenvalue weighted by atomic mass is 32.1. The Labute approximate surface area is 144 Å². The lowest BCUT2D eigenvalue weighted by atomic mass is 10.1. The van der Waals surface area contributed by atoms with Gasteiger partial charge in [0.15, 0.2) is 11.3 Å². The molecule has 0 unspecified atom stereocenters. The molecule has 5 aromatic rings. The first-order chi connectivity index (χ1) is 12.1. The minimum Gasteiger partial charge on any atom is -0.460 e. The molecule has 0 fully saturated rings. The molecule has 0 atom stereocenters. The average molecular weight is 351 g/mol. The van der Waals surface area contributed by atoms with Crippen molar-refractivity contribution in [3.63, 3.8) is 0 Å². The summed E-state index contributed by atoms with van der Waals surface area (Å²) < 4.78 is 25.9. The van der Waals surface area contributed by atoms with Crippen LogP contribution < -0.4 is 5.76 Å². The Hall–Kier alpha value is -2.99. The van der Waals surface area contributed by atoms with E-state index in [4.69, 9.17) is 8.83 Å². The van der Waals surface area contributed by atoms with E-state index < -0.39 is 5.76 Å². The summed E-state index contributed by atoms with van der Waals surface area (Å²) in [7, 11) is 0. The molecular formula is C19H10FNO3S. The quantitative estimate of drug-likeness (QED) is 0.413. The molecule has 0 bridgehead atoms. The molecule has 3 heterocycles. The van der Waals surface area contributed by atoms with Gasteiger partial charge in [0, 0.05) is 15.5 Å². The Morgan fingerprint density at radius 1 is 1.08 bits per heavy atom. The molecule has 0 saturated carbocycles. The van der Waals surface area contributed by atoms with Crippen LogP contribution >= 0.6 is 11.3 Å². The first kappa shape index (κ1) is 14.4. The normalized spacial score (nSPS) is 11.8. The summed E-state index contributed by atoms with van der Waals surface area (Å²) in [6.45, 7) is 1.85. The minimum absolute atomic E-state index is 0.259. The predicted octanol–water partition coefficient (Wildman–Crippen LogP) is 5.26. The van der Waals surface area contributed by atoms with Crippen LogP contribution in [0.1, 0.15) is 5.76 Å². The number of halogens is 1. The van der Waals surface area contributed by atoms with Gasteiger partial charge in [-0.2, -0.15) is 4.98 Å². The van der Waals surface area contributed by atoms with Gasteiger partial charge in [-0.3, -0.25) is 0 Å². The number of hydrogen-bond acceptors (Lipinski definition) is 5. The number of oxazole rings is 1. The molecule has 0 aliphatic rings. The second-order valence-electron chi connectivity index (χ2n) is 5.84. The molecule has 25 heavy (non-hydrogen) atoms. The third-order valence-corrected chi connectivity index (χ3v) is 5.24. The molecule has 0 radical (unpaired) electrons. The number of benzene rings is 2. The Morgan fingerprint density at radius 2 is 1.96 bits per heavy atom. The summed E-state index contributed by atoms with van der Waals surface area (Å²) in [6, 6.07) is 12.2. The van der Waals surface area contributed by atoms with E-state index in [0.29, 0.717) is 28.0 Å². The predicted molar refractivity (Wildman–Crippen MR) is 95.6 cm³/mol. The summed E-state index contributed by atoms with van der Waals surface area (Å²) in [4.78, 5) is 16.1. The second kappa shape index (κ2) is 5.00. The van der Waals surface area contributed by atoms with E-state index in [0.717, 1.165) is 20.3 Å². The van der Waals surface area contributed by atoms with Crippen LogP contribution in [0.2, 0.25) is 0 Å². The maximum Gasteiger partial charge on any atom is 0.439 e. The number of nitrogens with zero attached hydrogens (tertiary/aromatic N) is 1. The van der Waals surface area contributed by atoms with E-state index in [1.807, 2.05) is 19.1 Å². The van der Waals surface area contributed by atoms with E-state index in [-0.39, 0.29) is 5.82 Å². The van der Waals surface area contributed by atoms with Crippen molar-refractivity contribution >= 4 is 43.3 Å².